The van der Waals surface area contributed by atoms with Gasteiger partial charge >= 0.3 is 0 Å². The van der Waals surface area contributed by atoms with Crippen molar-refractivity contribution < 1.29 is 14.3 Å². The molecule has 2 saturated heterocycles. The number of rotatable bonds is 4. The second-order valence-corrected chi connectivity index (χ2v) is 7.20. The molecule has 1 atom stereocenters. The average Bonchev–Trinajstić information content (AvgIpc) is 3.16. The molecule has 0 saturated carbocycles. The maximum absolute atomic E-state index is 12.4. The SMILES string of the molecule is Cc1ccc(CCC(=O)N2CCN(C(=O)C3CCCO3)CC2)cc1Cl. The third-order valence-corrected chi connectivity index (χ3v) is 5.42. The van der Waals surface area contributed by atoms with Crippen LogP contribution in [-0.4, -0.2) is 60.5 Å². The quantitative estimate of drug-likeness (QED) is 0.824. The number of ether oxygens (including phenoxy) is 1. The minimum absolute atomic E-state index is 0.0823. The highest BCUT2D eigenvalue weighted by Crippen LogP contribution is 2.19. The molecule has 136 valence electrons. The van der Waals surface area contributed by atoms with Crippen molar-refractivity contribution in [2.75, 3.05) is 32.8 Å². The van der Waals surface area contributed by atoms with E-state index < -0.39 is 0 Å². The Morgan fingerprint density at radius 1 is 1.20 bits per heavy atom. The highest BCUT2D eigenvalue weighted by atomic mass is 35.5. The third kappa shape index (κ3) is 4.53. The van der Waals surface area contributed by atoms with E-state index in [1.54, 1.807) is 0 Å². The predicted molar refractivity (Wildman–Crippen MR) is 96.6 cm³/mol. The average molecular weight is 365 g/mol. The van der Waals surface area contributed by atoms with Crippen LogP contribution >= 0.6 is 11.6 Å². The van der Waals surface area contributed by atoms with Crippen LogP contribution in [0.1, 0.15) is 30.4 Å². The molecule has 2 aliphatic heterocycles. The molecule has 0 N–H and O–H groups in total. The molecule has 1 aromatic rings. The summed E-state index contributed by atoms with van der Waals surface area (Å²) in [5.41, 5.74) is 2.12. The van der Waals surface area contributed by atoms with E-state index in [-0.39, 0.29) is 17.9 Å². The van der Waals surface area contributed by atoms with Gasteiger partial charge in [0.05, 0.1) is 0 Å². The maximum atomic E-state index is 12.4. The van der Waals surface area contributed by atoms with Gasteiger partial charge < -0.3 is 14.5 Å². The highest BCUT2D eigenvalue weighted by molar-refractivity contribution is 6.31. The number of carbonyl (C=O) groups is 2. The Bertz CT molecular complexity index is 636. The van der Waals surface area contributed by atoms with E-state index in [0.29, 0.717) is 45.6 Å². The molecule has 0 bridgehead atoms. The summed E-state index contributed by atoms with van der Waals surface area (Å²) in [6.45, 7) is 5.05. The van der Waals surface area contributed by atoms with Crippen LogP contribution < -0.4 is 0 Å². The summed E-state index contributed by atoms with van der Waals surface area (Å²) in [4.78, 5) is 28.4. The summed E-state index contributed by atoms with van der Waals surface area (Å²) in [5.74, 6) is 0.222. The summed E-state index contributed by atoms with van der Waals surface area (Å²) in [7, 11) is 0. The van der Waals surface area contributed by atoms with Crippen LogP contribution in [-0.2, 0) is 20.7 Å². The van der Waals surface area contributed by atoms with E-state index in [1.807, 2.05) is 34.9 Å². The Kier molecular flexibility index (Phi) is 5.97. The van der Waals surface area contributed by atoms with Crippen molar-refractivity contribution in [1.29, 1.82) is 0 Å². The minimum atomic E-state index is -0.270. The molecule has 6 heteroatoms. The van der Waals surface area contributed by atoms with Crippen LogP contribution in [0.4, 0.5) is 0 Å². The normalized spacial score (nSPS) is 20.8. The van der Waals surface area contributed by atoms with Crippen molar-refractivity contribution in [2.45, 2.75) is 38.7 Å². The van der Waals surface area contributed by atoms with Gasteiger partial charge in [-0.05, 0) is 43.4 Å². The number of piperazine rings is 1. The van der Waals surface area contributed by atoms with Crippen molar-refractivity contribution >= 4 is 23.4 Å². The summed E-state index contributed by atoms with van der Waals surface area (Å²) in [6, 6.07) is 5.94. The van der Waals surface area contributed by atoms with Crippen LogP contribution in [0.5, 0.6) is 0 Å². The molecule has 0 spiro atoms. The molecule has 2 fully saturated rings. The summed E-state index contributed by atoms with van der Waals surface area (Å²) < 4.78 is 5.47. The zero-order valence-electron chi connectivity index (χ0n) is 14.7. The Morgan fingerprint density at radius 3 is 2.56 bits per heavy atom. The molecule has 2 aliphatic rings. The van der Waals surface area contributed by atoms with E-state index in [1.165, 1.54) is 0 Å². The summed E-state index contributed by atoms with van der Waals surface area (Å²) in [6.07, 6.45) is 2.66. The largest absolute Gasteiger partial charge is 0.368 e. The number of halogens is 1. The first-order valence-electron chi connectivity index (χ1n) is 8.98. The van der Waals surface area contributed by atoms with Crippen LogP contribution in [0.2, 0.25) is 5.02 Å². The standard InChI is InChI=1S/C19H25ClN2O3/c1-14-4-5-15(13-16(14)20)6-7-18(23)21-8-10-22(11-9-21)19(24)17-3-2-12-25-17/h4-5,13,17H,2-3,6-12H2,1H3. The van der Waals surface area contributed by atoms with Crippen molar-refractivity contribution in [1.82, 2.24) is 9.80 Å². The van der Waals surface area contributed by atoms with Gasteiger partial charge in [-0.3, -0.25) is 9.59 Å². The van der Waals surface area contributed by atoms with E-state index in [4.69, 9.17) is 16.3 Å². The van der Waals surface area contributed by atoms with E-state index in [0.717, 1.165) is 29.0 Å². The van der Waals surface area contributed by atoms with Gasteiger partial charge in [-0.2, -0.15) is 0 Å². The Morgan fingerprint density at radius 2 is 1.92 bits per heavy atom. The molecule has 5 nitrogen and oxygen atoms in total. The van der Waals surface area contributed by atoms with Gasteiger partial charge in [0.25, 0.3) is 5.91 Å². The molecule has 25 heavy (non-hydrogen) atoms. The van der Waals surface area contributed by atoms with E-state index in [2.05, 4.69) is 0 Å². The highest BCUT2D eigenvalue weighted by Gasteiger charge is 2.31. The minimum Gasteiger partial charge on any atom is -0.368 e. The topological polar surface area (TPSA) is 49.9 Å². The lowest BCUT2D eigenvalue weighted by Gasteiger charge is -2.35. The maximum Gasteiger partial charge on any atom is 0.251 e. The van der Waals surface area contributed by atoms with Gasteiger partial charge in [0.1, 0.15) is 6.10 Å². The first-order chi connectivity index (χ1) is 12.0. The number of hydrogen-bond donors (Lipinski definition) is 0. The second-order valence-electron chi connectivity index (χ2n) is 6.79. The first kappa shape index (κ1) is 18.2. The number of nitrogens with zero attached hydrogens (tertiary/aromatic N) is 2. The van der Waals surface area contributed by atoms with E-state index in [9.17, 15) is 9.59 Å². The van der Waals surface area contributed by atoms with Crippen LogP contribution in [0, 0.1) is 6.92 Å². The molecule has 2 heterocycles. The zero-order chi connectivity index (χ0) is 17.8. The fraction of sp³-hybridized carbons (Fsp3) is 0.579. The van der Waals surface area contributed by atoms with Crippen molar-refractivity contribution in [3.8, 4) is 0 Å². The Hall–Kier alpha value is -1.59. The van der Waals surface area contributed by atoms with Gasteiger partial charge in [0, 0.05) is 44.2 Å². The summed E-state index contributed by atoms with van der Waals surface area (Å²) in [5, 5.41) is 0.742. The van der Waals surface area contributed by atoms with Gasteiger partial charge in [0.15, 0.2) is 0 Å². The molecular formula is C19H25ClN2O3. The summed E-state index contributed by atoms with van der Waals surface area (Å²) >= 11 is 6.13. The van der Waals surface area contributed by atoms with Gasteiger partial charge in [-0.15, -0.1) is 0 Å². The Labute approximate surface area is 153 Å². The molecule has 1 unspecified atom stereocenters. The number of hydrogen-bond acceptors (Lipinski definition) is 3. The number of amides is 2. The van der Waals surface area contributed by atoms with Gasteiger partial charge in [-0.25, -0.2) is 0 Å². The fourth-order valence-electron chi connectivity index (χ4n) is 3.35. The van der Waals surface area contributed by atoms with Crippen molar-refractivity contribution in [3.63, 3.8) is 0 Å². The van der Waals surface area contributed by atoms with Crippen LogP contribution in [0.25, 0.3) is 0 Å². The molecule has 0 aromatic heterocycles. The fourth-order valence-corrected chi connectivity index (χ4v) is 3.56. The van der Waals surface area contributed by atoms with Crippen LogP contribution in [0.15, 0.2) is 18.2 Å². The van der Waals surface area contributed by atoms with Crippen molar-refractivity contribution in [3.05, 3.63) is 34.3 Å². The smallest absolute Gasteiger partial charge is 0.251 e. The molecule has 0 radical (unpaired) electrons. The van der Waals surface area contributed by atoms with Gasteiger partial charge in [0.2, 0.25) is 5.91 Å². The van der Waals surface area contributed by atoms with Crippen molar-refractivity contribution in [2.24, 2.45) is 0 Å². The number of carbonyl (C=O) groups excluding carboxylic acids is 2. The molecular weight excluding hydrogens is 340 g/mol. The lowest BCUT2D eigenvalue weighted by molar-refractivity contribution is -0.146. The van der Waals surface area contributed by atoms with Gasteiger partial charge in [-0.1, -0.05) is 23.7 Å². The van der Waals surface area contributed by atoms with E-state index >= 15 is 0 Å². The first-order valence-corrected chi connectivity index (χ1v) is 9.35. The molecule has 3 rings (SSSR count). The lowest BCUT2D eigenvalue weighted by atomic mass is 10.1. The zero-order valence-corrected chi connectivity index (χ0v) is 15.4. The Balaban J connectivity index is 1.44. The molecule has 1 aromatic carbocycles. The molecule has 0 aliphatic carbocycles. The van der Waals surface area contributed by atoms with Crippen LogP contribution in [0.3, 0.4) is 0 Å². The predicted octanol–water partition coefficient (Wildman–Crippen LogP) is 2.43. The number of benzene rings is 1. The third-order valence-electron chi connectivity index (χ3n) is 5.01. The molecule has 2 amide bonds. The monoisotopic (exact) mass is 364 g/mol. The lowest BCUT2D eigenvalue weighted by Crippen LogP contribution is -2.52. The second kappa shape index (κ2) is 8.19. The number of aryl methyl sites for hydroxylation is 2.